The van der Waals surface area contributed by atoms with E-state index in [4.69, 9.17) is 0 Å². The molecule has 2 atom stereocenters. The van der Waals surface area contributed by atoms with Crippen LogP contribution in [0.1, 0.15) is 169 Å². The Bertz CT molecular complexity index is 269. The molecule has 0 amide bonds. The minimum atomic E-state index is 1.02. The minimum absolute atomic E-state index is 1.02. The molecule has 0 aliphatic heterocycles. The number of rotatable bonds is 23. The predicted octanol–water partition coefficient (Wildman–Crippen LogP) is 10.9. The number of hydrogen-bond donors (Lipinski definition) is 0. The molecular formula is C28H58. The topological polar surface area (TPSA) is 0 Å². The molecule has 28 heavy (non-hydrogen) atoms. The van der Waals surface area contributed by atoms with E-state index >= 15 is 0 Å². The fourth-order valence-electron chi connectivity index (χ4n) is 4.93. The largest absolute Gasteiger partial charge is 0.0654 e. The third-order valence-electron chi connectivity index (χ3n) is 6.76. The molecule has 0 heterocycles. The summed E-state index contributed by atoms with van der Waals surface area (Å²) < 4.78 is 0. The highest BCUT2D eigenvalue weighted by Gasteiger charge is 2.16. The van der Waals surface area contributed by atoms with Crippen LogP contribution in [0.2, 0.25) is 0 Å². The van der Waals surface area contributed by atoms with E-state index in [1.807, 2.05) is 0 Å². The van der Waals surface area contributed by atoms with Gasteiger partial charge in [0.25, 0.3) is 0 Å². The molecule has 0 bridgehead atoms. The Kier molecular flexibility index (Phi) is 23.3. The molecule has 0 saturated heterocycles. The second-order valence-corrected chi connectivity index (χ2v) is 9.72. The van der Waals surface area contributed by atoms with E-state index in [1.54, 1.807) is 6.42 Å². The molecule has 0 aromatic carbocycles. The van der Waals surface area contributed by atoms with E-state index in [1.165, 1.54) is 135 Å². The lowest BCUT2D eigenvalue weighted by atomic mass is 9.82. The van der Waals surface area contributed by atoms with Crippen LogP contribution in [0.25, 0.3) is 0 Å². The third kappa shape index (κ3) is 19.3. The Hall–Kier alpha value is 0. The summed E-state index contributed by atoms with van der Waals surface area (Å²) in [5, 5.41) is 0. The van der Waals surface area contributed by atoms with Gasteiger partial charge < -0.3 is 0 Å². The number of hydrogen-bond acceptors (Lipinski definition) is 0. The van der Waals surface area contributed by atoms with E-state index < -0.39 is 0 Å². The fraction of sp³-hybridized carbons (Fsp3) is 1.00. The van der Waals surface area contributed by atoms with Gasteiger partial charge in [0, 0.05) is 0 Å². The zero-order valence-corrected chi connectivity index (χ0v) is 20.7. The van der Waals surface area contributed by atoms with Gasteiger partial charge in [0.15, 0.2) is 0 Å². The van der Waals surface area contributed by atoms with Crippen LogP contribution in [0.5, 0.6) is 0 Å². The molecule has 2 unspecified atom stereocenters. The Morgan fingerprint density at radius 3 is 1.00 bits per heavy atom. The van der Waals surface area contributed by atoms with Gasteiger partial charge in [-0.2, -0.15) is 0 Å². The second kappa shape index (κ2) is 23.3. The molecule has 0 nitrogen and oxygen atoms in total. The van der Waals surface area contributed by atoms with Crippen LogP contribution >= 0.6 is 0 Å². The van der Waals surface area contributed by atoms with Crippen molar-refractivity contribution >= 4 is 0 Å². The lowest BCUT2D eigenvalue weighted by molar-refractivity contribution is 0.286. The molecule has 0 aromatic rings. The van der Waals surface area contributed by atoms with Crippen LogP contribution in [0.15, 0.2) is 0 Å². The highest BCUT2D eigenvalue weighted by atomic mass is 14.2. The summed E-state index contributed by atoms with van der Waals surface area (Å²) in [6.45, 7) is 9.38. The average molecular weight is 395 g/mol. The van der Waals surface area contributed by atoms with E-state index in [0.29, 0.717) is 0 Å². The first-order valence-corrected chi connectivity index (χ1v) is 13.8. The van der Waals surface area contributed by atoms with Crippen LogP contribution < -0.4 is 0 Å². The first-order chi connectivity index (χ1) is 13.8. The smallest absolute Gasteiger partial charge is 0.0412 e. The van der Waals surface area contributed by atoms with Crippen molar-refractivity contribution in [2.45, 2.75) is 169 Å². The maximum absolute atomic E-state index is 2.40. The molecule has 0 spiro atoms. The molecule has 0 fully saturated rings. The molecule has 170 valence electrons. The van der Waals surface area contributed by atoms with Crippen molar-refractivity contribution in [2.24, 2.45) is 11.8 Å². The fourth-order valence-corrected chi connectivity index (χ4v) is 4.93. The van der Waals surface area contributed by atoms with Crippen molar-refractivity contribution < 1.29 is 0 Å². The molecule has 0 aliphatic carbocycles. The van der Waals surface area contributed by atoms with Gasteiger partial charge in [0.1, 0.15) is 0 Å². The maximum Gasteiger partial charge on any atom is -0.0412 e. The summed E-state index contributed by atoms with van der Waals surface area (Å²) in [6.07, 6.45) is 32.2. The summed E-state index contributed by atoms with van der Waals surface area (Å²) in [7, 11) is 0. The van der Waals surface area contributed by atoms with Crippen LogP contribution in [-0.2, 0) is 0 Å². The first kappa shape index (κ1) is 28.0. The van der Waals surface area contributed by atoms with Crippen molar-refractivity contribution in [1.82, 2.24) is 0 Å². The second-order valence-electron chi connectivity index (χ2n) is 9.72. The molecule has 0 heteroatoms. The standard InChI is InChI=1S/C28H58/c1-5-9-12-15-18-21-25-28(24-20-17-14-11-7-3)26-27(22-8-4)23-19-16-13-10-6-2/h27-28H,5-26H2,1-4H3. The molecule has 0 rings (SSSR count). The quantitative estimate of drug-likeness (QED) is 0.151. The Labute approximate surface area is 181 Å². The minimum Gasteiger partial charge on any atom is -0.0654 e. The zero-order valence-electron chi connectivity index (χ0n) is 20.7. The molecular weight excluding hydrogens is 336 g/mol. The van der Waals surface area contributed by atoms with Gasteiger partial charge in [-0.15, -0.1) is 0 Å². The lowest BCUT2D eigenvalue weighted by Crippen LogP contribution is -2.10. The van der Waals surface area contributed by atoms with Gasteiger partial charge in [-0.25, -0.2) is 0 Å². The highest BCUT2D eigenvalue weighted by Crippen LogP contribution is 2.30. The van der Waals surface area contributed by atoms with Crippen LogP contribution in [0, 0.1) is 11.8 Å². The summed E-state index contributed by atoms with van der Waals surface area (Å²) >= 11 is 0. The molecule has 0 N–H and O–H groups in total. The predicted molar refractivity (Wildman–Crippen MR) is 131 cm³/mol. The van der Waals surface area contributed by atoms with E-state index in [9.17, 15) is 0 Å². The van der Waals surface area contributed by atoms with Crippen molar-refractivity contribution in [3.8, 4) is 0 Å². The van der Waals surface area contributed by atoms with Crippen molar-refractivity contribution in [2.75, 3.05) is 0 Å². The molecule has 0 aliphatic rings. The summed E-state index contributed by atoms with van der Waals surface area (Å²) in [4.78, 5) is 0. The Morgan fingerprint density at radius 1 is 0.321 bits per heavy atom. The van der Waals surface area contributed by atoms with Crippen molar-refractivity contribution in [1.29, 1.82) is 0 Å². The van der Waals surface area contributed by atoms with Crippen LogP contribution in [-0.4, -0.2) is 0 Å². The van der Waals surface area contributed by atoms with Gasteiger partial charge in [-0.3, -0.25) is 0 Å². The van der Waals surface area contributed by atoms with Gasteiger partial charge in [0.2, 0.25) is 0 Å². The highest BCUT2D eigenvalue weighted by molar-refractivity contribution is 4.68. The third-order valence-corrected chi connectivity index (χ3v) is 6.76. The van der Waals surface area contributed by atoms with Gasteiger partial charge in [-0.1, -0.05) is 163 Å². The Morgan fingerprint density at radius 2 is 0.643 bits per heavy atom. The normalized spacial score (nSPS) is 13.7. The maximum atomic E-state index is 2.40. The monoisotopic (exact) mass is 394 g/mol. The van der Waals surface area contributed by atoms with Gasteiger partial charge in [-0.05, 0) is 18.3 Å². The summed E-state index contributed by atoms with van der Waals surface area (Å²) in [5.74, 6) is 2.05. The van der Waals surface area contributed by atoms with Gasteiger partial charge in [0.05, 0.1) is 0 Å². The van der Waals surface area contributed by atoms with Crippen molar-refractivity contribution in [3.63, 3.8) is 0 Å². The first-order valence-electron chi connectivity index (χ1n) is 13.8. The van der Waals surface area contributed by atoms with Crippen LogP contribution in [0.4, 0.5) is 0 Å². The average Bonchev–Trinajstić information content (AvgIpc) is 2.70. The van der Waals surface area contributed by atoms with Gasteiger partial charge >= 0.3 is 0 Å². The lowest BCUT2D eigenvalue weighted by Gasteiger charge is -2.24. The van der Waals surface area contributed by atoms with Crippen molar-refractivity contribution in [3.05, 3.63) is 0 Å². The molecule has 0 radical (unpaired) electrons. The summed E-state index contributed by atoms with van der Waals surface area (Å²) in [6, 6.07) is 0. The van der Waals surface area contributed by atoms with Crippen LogP contribution in [0.3, 0.4) is 0 Å². The molecule has 0 aromatic heterocycles. The van der Waals surface area contributed by atoms with E-state index in [0.717, 1.165) is 11.8 Å². The SMILES string of the molecule is CCCCCCCCC(CCCCCCC)CC(CCC)CCCCCCC. The van der Waals surface area contributed by atoms with E-state index in [2.05, 4.69) is 27.7 Å². The zero-order chi connectivity index (χ0) is 20.7. The number of unbranched alkanes of at least 4 members (excludes halogenated alkanes) is 13. The van der Waals surface area contributed by atoms with E-state index in [-0.39, 0.29) is 0 Å². The Balaban J connectivity index is 4.26. The summed E-state index contributed by atoms with van der Waals surface area (Å²) in [5.41, 5.74) is 0. The molecule has 0 saturated carbocycles.